The third kappa shape index (κ3) is 6.63. The van der Waals surface area contributed by atoms with E-state index in [4.69, 9.17) is 0 Å². The average Bonchev–Trinajstić information content (AvgIpc) is 2.36. The molecule has 3 nitrogen and oxygen atoms in total. The van der Waals surface area contributed by atoms with Gasteiger partial charge in [0.1, 0.15) is 5.82 Å². The Hall–Kier alpha value is -0.850. The minimum absolute atomic E-state index is 0. The monoisotopic (exact) mass is 407 g/mol. The van der Waals surface area contributed by atoms with Crippen LogP contribution in [-0.2, 0) is 5.41 Å². The molecule has 5 heteroatoms. The Morgan fingerprint density at radius 1 is 1.29 bits per heavy atom. The zero-order valence-electron chi connectivity index (χ0n) is 13.5. The van der Waals surface area contributed by atoms with E-state index in [-0.39, 0.29) is 35.2 Å². The van der Waals surface area contributed by atoms with E-state index in [1.807, 2.05) is 32.9 Å². The molecule has 0 saturated carbocycles. The molecule has 0 heterocycles. The summed E-state index contributed by atoms with van der Waals surface area (Å²) in [5, 5.41) is 6.46. The first kappa shape index (κ1) is 20.1. The number of nitrogens with zero attached hydrogens (tertiary/aromatic N) is 1. The summed E-state index contributed by atoms with van der Waals surface area (Å²) in [6.45, 7) is 11.5. The Bertz CT molecular complexity index is 459. The van der Waals surface area contributed by atoms with Gasteiger partial charge in [-0.15, -0.1) is 24.0 Å². The summed E-state index contributed by atoms with van der Waals surface area (Å²) >= 11 is 0. The molecule has 0 spiro atoms. The maximum Gasteiger partial charge on any atom is 0.191 e. The largest absolute Gasteiger partial charge is 0.357 e. The van der Waals surface area contributed by atoms with Crippen molar-refractivity contribution in [3.63, 3.8) is 0 Å². The van der Waals surface area contributed by atoms with E-state index in [1.54, 1.807) is 6.07 Å². The zero-order valence-corrected chi connectivity index (χ0v) is 15.9. The average molecular weight is 407 g/mol. The van der Waals surface area contributed by atoms with Crippen LogP contribution in [0.4, 0.5) is 4.39 Å². The Labute approximate surface area is 144 Å². The molecule has 2 N–H and O–H groups in total. The number of guanidine groups is 1. The Morgan fingerprint density at radius 2 is 1.90 bits per heavy atom. The van der Waals surface area contributed by atoms with Gasteiger partial charge in [0.15, 0.2) is 5.96 Å². The fraction of sp³-hybridized carbons (Fsp3) is 0.562. The Balaban J connectivity index is 0.00000400. The van der Waals surface area contributed by atoms with Gasteiger partial charge in [0.05, 0.1) is 6.54 Å². The topological polar surface area (TPSA) is 36.4 Å². The van der Waals surface area contributed by atoms with Gasteiger partial charge in [-0.2, -0.15) is 0 Å². The molecular weight excluding hydrogens is 380 g/mol. The number of hydrogen-bond donors (Lipinski definition) is 2. The molecule has 0 aliphatic rings. The summed E-state index contributed by atoms with van der Waals surface area (Å²) in [5.74, 6) is 0.599. The van der Waals surface area contributed by atoms with Gasteiger partial charge in [-0.1, -0.05) is 32.0 Å². The second-order valence-corrected chi connectivity index (χ2v) is 5.86. The third-order valence-corrected chi connectivity index (χ3v) is 3.01. The fourth-order valence-corrected chi connectivity index (χ4v) is 1.97. The first-order valence-electron chi connectivity index (χ1n) is 7.16. The van der Waals surface area contributed by atoms with E-state index in [0.29, 0.717) is 18.2 Å². The second-order valence-electron chi connectivity index (χ2n) is 5.86. The van der Waals surface area contributed by atoms with Crippen LogP contribution in [0.25, 0.3) is 0 Å². The van der Waals surface area contributed by atoms with Gasteiger partial charge in [0.25, 0.3) is 0 Å². The summed E-state index contributed by atoms with van der Waals surface area (Å²) in [7, 11) is 0. The molecule has 120 valence electrons. The fourth-order valence-electron chi connectivity index (χ4n) is 1.97. The molecule has 0 aromatic heterocycles. The van der Waals surface area contributed by atoms with Crippen LogP contribution in [0.5, 0.6) is 0 Å². The molecule has 1 rings (SSSR count). The van der Waals surface area contributed by atoms with Crippen LogP contribution < -0.4 is 10.6 Å². The predicted octanol–water partition coefficient (Wildman–Crippen LogP) is 3.68. The highest BCUT2D eigenvalue weighted by Gasteiger charge is 2.23. The summed E-state index contributed by atoms with van der Waals surface area (Å²) < 4.78 is 13.9. The summed E-state index contributed by atoms with van der Waals surface area (Å²) in [6, 6.07) is 7.21. The zero-order chi connectivity index (χ0) is 15.2. The van der Waals surface area contributed by atoms with Gasteiger partial charge in [-0.25, -0.2) is 4.39 Å². The van der Waals surface area contributed by atoms with E-state index < -0.39 is 0 Å². The lowest BCUT2D eigenvalue weighted by Gasteiger charge is -2.24. The van der Waals surface area contributed by atoms with Gasteiger partial charge >= 0.3 is 0 Å². The molecule has 0 amide bonds. The minimum Gasteiger partial charge on any atom is -0.357 e. The van der Waals surface area contributed by atoms with Crippen LogP contribution in [0.2, 0.25) is 0 Å². The first-order valence-corrected chi connectivity index (χ1v) is 7.16. The summed E-state index contributed by atoms with van der Waals surface area (Å²) in [5.41, 5.74) is 0.356. The third-order valence-electron chi connectivity index (χ3n) is 3.01. The van der Waals surface area contributed by atoms with Gasteiger partial charge in [-0.3, -0.25) is 4.99 Å². The van der Waals surface area contributed by atoms with Gasteiger partial charge < -0.3 is 10.6 Å². The van der Waals surface area contributed by atoms with Crippen molar-refractivity contribution >= 4 is 29.9 Å². The number of aliphatic imine (C=N–C) groups is 1. The first-order chi connectivity index (χ1) is 9.36. The van der Waals surface area contributed by atoms with Crippen LogP contribution in [0.15, 0.2) is 29.3 Å². The van der Waals surface area contributed by atoms with E-state index >= 15 is 0 Å². The minimum atomic E-state index is -0.343. The van der Waals surface area contributed by atoms with Crippen LogP contribution >= 0.6 is 24.0 Å². The van der Waals surface area contributed by atoms with Crippen molar-refractivity contribution < 1.29 is 4.39 Å². The van der Waals surface area contributed by atoms with Crippen molar-refractivity contribution in [2.75, 3.05) is 13.1 Å². The number of nitrogens with one attached hydrogen (secondary N) is 2. The lowest BCUT2D eigenvalue weighted by Crippen LogP contribution is -2.42. The van der Waals surface area contributed by atoms with Crippen LogP contribution in [0.1, 0.15) is 40.2 Å². The van der Waals surface area contributed by atoms with Crippen LogP contribution in [-0.4, -0.2) is 25.1 Å². The molecule has 0 fully saturated rings. The number of rotatable bonds is 5. The molecule has 0 radical (unpaired) electrons. The predicted molar refractivity (Wildman–Crippen MR) is 99.1 cm³/mol. The normalized spacial score (nSPS) is 12.0. The standard InChI is InChI=1S/C16H26FN3.HI/c1-6-18-15(20-12(2)3)19-11-16(4,5)13-9-7-8-10-14(13)17;/h7-10,12H,6,11H2,1-5H3,(H2,18,19,20);1H. The van der Waals surface area contributed by atoms with Crippen LogP contribution in [0, 0.1) is 5.82 Å². The molecule has 0 bridgehead atoms. The molecular formula is C16H27FIN3. The molecule has 0 unspecified atom stereocenters. The molecule has 0 saturated heterocycles. The summed E-state index contributed by atoms with van der Waals surface area (Å²) in [4.78, 5) is 4.57. The highest BCUT2D eigenvalue weighted by molar-refractivity contribution is 14.0. The van der Waals surface area contributed by atoms with Crippen molar-refractivity contribution in [3.8, 4) is 0 Å². The maximum atomic E-state index is 13.9. The van der Waals surface area contributed by atoms with Crippen molar-refractivity contribution in [2.24, 2.45) is 4.99 Å². The smallest absolute Gasteiger partial charge is 0.191 e. The highest BCUT2D eigenvalue weighted by Crippen LogP contribution is 2.25. The molecule has 21 heavy (non-hydrogen) atoms. The molecule has 0 atom stereocenters. The van der Waals surface area contributed by atoms with Crippen molar-refractivity contribution in [2.45, 2.75) is 46.1 Å². The lowest BCUT2D eigenvalue weighted by molar-refractivity contribution is 0.492. The van der Waals surface area contributed by atoms with Gasteiger partial charge in [0, 0.05) is 18.0 Å². The Morgan fingerprint density at radius 3 is 2.43 bits per heavy atom. The lowest BCUT2D eigenvalue weighted by atomic mass is 9.84. The van der Waals surface area contributed by atoms with E-state index in [9.17, 15) is 4.39 Å². The molecule has 0 aliphatic carbocycles. The van der Waals surface area contributed by atoms with E-state index in [2.05, 4.69) is 29.5 Å². The number of hydrogen-bond acceptors (Lipinski definition) is 1. The number of benzene rings is 1. The maximum absolute atomic E-state index is 13.9. The van der Waals surface area contributed by atoms with Gasteiger partial charge in [0.2, 0.25) is 0 Å². The van der Waals surface area contributed by atoms with Crippen molar-refractivity contribution in [1.29, 1.82) is 0 Å². The van der Waals surface area contributed by atoms with E-state index in [0.717, 1.165) is 12.5 Å². The van der Waals surface area contributed by atoms with Crippen molar-refractivity contribution in [1.82, 2.24) is 10.6 Å². The number of halogens is 2. The molecule has 1 aromatic carbocycles. The SMILES string of the molecule is CCNC(=NCC(C)(C)c1ccccc1F)NC(C)C.I. The highest BCUT2D eigenvalue weighted by atomic mass is 127. The van der Waals surface area contributed by atoms with Crippen molar-refractivity contribution in [3.05, 3.63) is 35.6 Å². The molecule has 1 aromatic rings. The van der Waals surface area contributed by atoms with E-state index in [1.165, 1.54) is 6.07 Å². The Kier molecular flexibility index (Phi) is 8.85. The van der Waals surface area contributed by atoms with Gasteiger partial charge in [-0.05, 0) is 32.4 Å². The summed E-state index contributed by atoms with van der Waals surface area (Å²) in [6.07, 6.45) is 0. The van der Waals surface area contributed by atoms with Crippen LogP contribution in [0.3, 0.4) is 0 Å². The second kappa shape index (κ2) is 9.23. The molecule has 0 aliphatic heterocycles. The quantitative estimate of drug-likeness (QED) is 0.444.